The van der Waals surface area contributed by atoms with Crippen LogP contribution in [0.1, 0.15) is 25.8 Å². The average molecular weight is 265 g/mol. The van der Waals surface area contributed by atoms with Crippen LogP contribution in [-0.2, 0) is 23.1 Å². The fourth-order valence-corrected chi connectivity index (χ4v) is 2.33. The summed E-state index contributed by atoms with van der Waals surface area (Å²) in [6, 6.07) is 0. The molecule has 1 aromatic rings. The van der Waals surface area contributed by atoms with Crippen molar-refractivity contribution in [3.8, 4) is 0 Å². The monoisotopic (exact) mass is 265 g/mol. The molecule has 2 heterocycles. The molecule has 0 aromatic carbocycles. The van der Waals surface area contributed by atoms with Crippen LogP contribution in [0.4, 0.5) is 0 Å². The fourth-order valence-electron chi connectivity index (χ4n) is 2.33. The van der Waals surface area contributed by atoms with E-state index in [0.717, 1.165) is 5.56 Å². The highest BCUT2D eigenvalue weighted by molar-refractivity contribution is 6.03. The predicted octanol–water partition coefficient (Wildman–Crippen LogP) is 0.109. The summed E-state index contributed by atoms with van der Waals surface area (Å²) in [5.74, 6) is -0.740. The van der Waals surface area contributed by atoms with E-state index in [2.05, 4.69) is 5.10 Å². The Bertz CT molecular complexity index is 501. The van der Waals surface area contributed by atoms with Crippen LogP contribution in [0.2, 0.25) is 0 Å². The lowest BCUT2D eigenvalue weighted by Crippen LogP contribution is -2.42. The maximum absolute atomic E-state index is 12.2. The fraction of sp³-hybridized carbons (Fsp3) is 0.615. The molecule has 0 radical (unpaired) electrons. The van der Waals surface area contributed by atoms with E-state index >= 15 is 0 Å². The van der Waals surface area contributed by atoms with Gasteiger partial charge in [-0.3, -0.25) is 19.2 Å². The van der Waals surface area contributed by atoms with Crippen LogP contribution in [0.5, 0.6) is 0 Å². The van der Waals surface area contributed by atoms with Crippen LogP contribution < -0.4 is 0 Å². The summed E-state index contributed by atoms with van der Waals surface area (Å²) in [7, 11) is 1.81. The highest BCUT2D eigenvalue weighted by atomic mass is 16.3. The molecule has 1 aliphatic heterocycles. The Labute approximate surface area is 112 Å². The van der Waals surface area contributed by atoms with Gasteiger partial charge in [-0.15, -0.1) is 0 Å². The van der Waals surface area contributed by atoms with Gasteiger partial charge in [-0.05, 0) is 25.8 Å². The molecule has 6 nitrogen and oxygen atoms in total. The number of likely N-dealkylation sites (tertiary alicyclic amines) is 1. The highest BCUT2D eigenvalue weighted by Gasteiger charge is 2.40. The topological polar surface area (TPSA) is 75.4 Å². The van der Waals surface area contributed by atoms with Gasteiger partial charge in [-0.25, -0.2) is 0 Å². The number of aryl methyl sites for hydroxylation is 1. The second-order valence-electron chi connectivity index (χ2n) is 5.76. The first kappa shape index (κ1) is 13.7. The van der Waals surface area contributed by atoms with Crippen molar-refractivity contribution in [2.45, 2.75) is 32.3 Å². The lowest BCUT2D eigenvalue weighted by Gasteiger charge is -2.24. The zero-order valence-electron chi connectivity index (χ0n) is 11.5. The van der Waals surface area contributed by atoms with Gasteiger partial charge in [-0.2, -0.15) is 5.10 Å². The molecular formula is C13H19N3O3. The third-order valence-electron chi connectivity index (χ3n) is 3.12. The minimum atomic E-state index is -1.06. The maximum atomic E-state index is 12.2. The number of amides is 2. The van der Waals surface area contributed by atoms with E-state index in [1.807, 2.05) is 13.2 Å². The van der Waals surface area contributed by atoms with Crippen LogP contribution in [0.25, 0.3) is 0 Å². The number of hydrogen-bond donors (Lipinski definition) is 1. The Morgan fingerprint density at radius 1 is 1.47 bits per heavy atom. The summed E-state index contributed by atoms with van der Waals surface area (Å²) < 4.78 is 1.67. The molecule has 0 saturated carbocycles. The van der Waals surface area contributed by atoms with E-state index < -0.39 is 5.60 Å². The van der Waals surface area contributed by atoms with Crippen LogP contribution in [0.3, 0.4) is 0 Å². The van der Waals surface area contributed by atoms with Gasteiger partial charge in [0.15, 0.2) is 0 Å². The third-order valence-corrected chi connectivity index (χ3v) is 3.12. The molecule has 1 fully saturated rings. The number of rotatable bonds is 4. The van der Waals surface area contributed by atoms with Crippen molar-refractivity contribution in [1.29, 1.82) is 0 Å². The van der Waals surface area contributed by atoms with Crippen molar-refractivity contribution >= 4 is 11.8 Å². The van der Waals surface area contributed by atoms with Crippen molar-refractivity contribution in [3.63, 3.8) is 0 Å². The summed E-state index contributed by atoms with van der Waals surface area (Å²) in [5, 5.41) is 13.8. The van der Waals surface area contributed by atoms with E-state index in [1.165, 1.54) is 4.90 Å². The maximum Gasteiger partial charge on any atom is 0.233 e. The number of aliphatic hydroxyl groups is 1. The highest BCUT2D eigenvalue weighted by Crippen LogP contribution is 2.24. The Hall–Kier alpha value is -1.69. The molecular weight excluding hydrogens is 246 g/mol. The quantitative estimate of drug-likeness (QED) is 0.784. The smallest absolute Gasteiger partial charge is 0.233 e. The molecule has 0 aliphatic carbocycles. The number of hydrogen-bond acceptors (Lipinski definition) is 4. The molecule has 0 spiro atoms. The Morgan fingerprint density at radius 2 is 2.16 bits per heavy atom. The Morgan fingerprint density at radius 3 is 2.68 bits per heavy atom. The van der Waals surface area contributed by atoms with Gasteiger partial charge in [0.1, 0.15) is 0 Å². The van der Waals surface area contributed by atoms with E-state index in [1.54, 1.807) is 24.7 Å². The van der Waals surface area contributed by atoms with Gasteiger partial charge in [0.05, 0.1) is 24.3 Å². The van der Waals surface area contributed by atoms with Crippen molar-refractivity contribution in [1.82, 2.24) is 14.7 Å². The molecule has 1 N–H and O–H groups in total. The second-order valence-corrected chi connectivity index (χ2v) is 5.76. The van der Waals surface area contributed by atoms with Crippen LogP contribution >= 0.6 is 0 Å². The van der Waals surface area contributed by atoms with Crippen molar-refractivity contribution in [2.24, 2.45) is 13.0 Å². The van der Waals surface area contributed by atoms with Gasteiger partial charge in [0.25, 0.3) is 0 Å². The van der Waals surface area contributed by atoms with Crippen molar-refractivity contribution in [3.05, 3.63) is 18.0 Å². The number of carbonyl (C=O) groups excluding carboxylic acids is 2. The zero-order chi connectivity index (χ0) is 14.2. The number of carbonyl (C=O) groups is 2. The summed E-state index contributed by atoms with van der Waals surface area (Å²) in [6.45, 7) is 3.22. The summed E-state index contributed by atoms with van der Waals surface area (Å²) in [5.41, 5.74) is -0.118. The molecule has 0 bridgehead atoms. The molecule has 2 rings (SSSR count). The van der Waals surface area contributed by atoms with Crippen LogP contribution in [0, 0.1) is 5.92 Å². The molecule has 1 aliphatic rings. The number of β-amino-alcohol motifs (C(OH)–C–C–N with tert-alkyl or cyclic N) is 1. The molecule has 1 atom stereocenters. The normalized spacial score (nSPS) is 20.4. The molecule has 6 heteroatoms. The lowest BCUT2D eigenvalue weighted by molar-refractivity contribution is -0.142. The van der Waals surface area contributed by atoms with Gasteiger partial charge in [0.2, 0.25) is 11.8 Å². The number of nitrogens with zero attached hydrogens (tertiary/aromatic N) is 3. The van der Waals surface area contributed by atoms with Gasteiger partial charge < -0.3 is 5.11 Å². The summed E-state index contributed by atoms with van der Waals surface area (Å²) in [6.07, 6.45) is 4.28. The SMILES string of the molecule is Cn1cc(CC2CC(=O)N(CC(C)(C)O)C2=O)cn1. The molecule has 19 heavy (non-hydrogen) atoms. The second kappa shape index (κ2) is 4.77. The minimum Gasteiger partial charge on any atom is -0.389 e. The van der Waals surface area contributed by atoms with E-state index in [0.29, 0.717) is 6.42 Å². The van der Waals surface area contributed by atoms with E-state index in [4.69, 9.17) is 0 Å². The van der Waals surface area contributed by atoms with E-state index in [-0.39, 0.29) is 30.7 Å². The predicted molar refractivity (Wildman–Crippen MR) is 68.0 cm³/mol. The van der Waals surface area contributed by atoms with Crippen LogP contribution in [-0.4, -0.2) is 43.7 Å². The third kappa shape index (κ3) is 3.20. The molecule has 104 valence electrons. The first-order valence-corrected chi connectivity index (χ1v) is 6.30. The van der Waals surface area contributed by atoms with Crippen LogP contribution in [0.15, 0.2) is 12.4 Å². The number of imide groups is 1. The Balaban J connectivity index is 2.05. The molecule has 2 amide bonds. The van der Waals surface area contributed by atoms with Crippen molar-refractivity contribution in [2.75, 3.05) is 6.54 Å². The standard InChI is InChI=1S/C13H19N3O3/c1-13(2,19)8-16-11(17)5-10(12(16)18)4-9-6-14-15(3)7-9/h6-7,10,19H,4-5,8H2,1-3H3. The minimum absolute atomic E-state index is 0.0498. The van der Waals surface area contributed by atoms with E-state index in [9.17, 15) is 14.7 Å². The molecule has 1 aromatic heterocycles. The lowest BCUT2D eigenvalue weighted by atomic mass is 10.0. The summed E-state index contributed by atoms with van der Waals surface area (Å²) >= 11 is 0. The Kier molecular flexibility index (Phi) is 3.45. The first-order chi connectivity index (χ1) is 8.76. The molecule has 1 unspecified atom stereocenters. The van der Waals surface area contributed by atoms with Gasteiger partial charge in [-0.1, -0.05) is 0 Å². The zero-order valence-corrected chi connectivity index (χ0v) is 11.5. The summed E-state index contributed by atoms with van der Waals surface area (Å²) in [4.78, 5) is 25.2. The number of aromatic nitrogens is 2. The molecule has 1 saturated heterocycles. The van der Waals surface area contributed by atoms with Gasteiger partial charge >= 0.3 is 0 Å². The van der Waals surface area contributed by atoms with Crippen molar-refractivity contribution < 1.29 is 14.7 Å². The van der Waals surface area contributed by atoms with Gasteiger partial charge in [0, 0.05) is 19.7 Å². The largest absolute Gasteiger partial charge is 0.389 e. The first-order valence-electron chi connectivity index (χ1n) is 6.30. The average Bonchev–Trinajstić information content (AvgIpc) is 2.77.